The number of aromatic nitrogens is 1. The zero-order valence-electron chi connectivity index (χ0n) is 23.1. The number of carboxylic acid groups (broad SMARTS) is 1. The van der Waals surface area contributed by atoms with E-state index in [0.29, 0.717) is 6.07 Å². The SMILES string of the molecule is COc1ccc(N)c(N(CCCc2cc(F)ccc2Nc2cc(F)c(C(F)(F)F)cc2C(=O)O)C(=O)OC(C)(C)C)n1. The highest BCUT2D eigenvalue weighted by Crippen LogP contribution is 2.36. The van der Waals surface area contributed by atoms with Crippen LogP contribution in [-0.4, -0.2) is 41.4 Å². The Kier molecular flexibility index (Phi) is 9.49. The van der Waals surface area contributed by atoms with Crippen LogP contribution in [0.2, 0.25) is 0 Å². The monoisotopic (exact) mass is 596 g/mol. The van der Waals surface area contributed by atoms with Crippen molar-refractivity contribution in [3.05, 3.63) is 70.8 Å². The fourth-order valence-electron chi connectivity index (χ4n) is 3.91. The highest BCUT2D eigenvalue weighted by molar-refractivity contribution is 5.95. The van der Waals surface area contributed by atoms with Gasteiger partial charge < -0.3 is 25.6 Å². The Labute approximate surface area is 238 Å². The van der Waals surface area contributed by atoms with Gasteiger partial charge >= 0.3 is 18.2 Å². The van der Waals surface area contributed by atoms with Crippen LogP contribution in [0.5, 0.6) is 5.88 Å². The van der Waals surface area contributed by atoms with E-state index in [0.717, 1.165) is 12.1 Å². The lowest BCUT2D eigenvalue weighted by Gasteiger charge is -2.27. The molecule has 0 fully saturated rings. The molecule has 0 bridgehead atoms. The van der Waals surface area contributed by atoms with Gasteiger partial charge in [0, 0.05) is 18.3 Å². The summed E-state index contributed by atoms with van der Waals surface area (Å²) >= 11 is 0. The Bertz CT molecular complexity index is 1470. The van der Waals surface area contributed by atoms with E-state index in [1.165, 1.54) is 30.2 Å². The molecule has 42 heavy (non-hydrogen) atoms. The fourth-order valence-corrected chi connectivity index (χ4v) is 3.91. The molecular weight excluding hydrogens is 567 g/mol. The summed E-state index contributed by atoms with van der Waals surface area (Å²) in [5.74, 6) is -3.83. The molecule has 1 aromatic heterocycles. The molecule has 3 aromatic rings. The maximum Gasteiger partial charge on any atom is 0.419 e. The maximum absolute atomic E-state index is 14.3. The number of carbonyl (C=O) groups excluding carboxylic acids is 1. The molecule has 0 unspecified atom stereocenters. The second-order valence-corrected chi connectivity index (χ2v) is 10.1. The second kappa shape index (κ2) is 12.5. The van der Waals surface area contributed by atoms with Gasteiger partial charge in [-0.25, -0.2) is 18.4 Å². The molecule has 0 radical (unpaired) electrons. The Balaban J connectivity index is 1.92. The topological polar surface area (TPSA) is 127 Å². The van der Waals surface area contributed by atoms with Crippen molar-refractivity contribution in [1.82, 2.24) is 4.98 Å². The van der Waals surface area contributed by atoms with Crippen molar-refractivity contribution in [2.24, 2.45) is 0 Å². The van der Waals surface area contributed by atoms with Crippen molar-refractivity contribution < 1.29 is 46.1 Å². The quantitative estimate of drug-likeness (QED) is 0.231. The highest BCUT2D eigenvalue weighted by atomic mass is 19.4. The summed E-state index contributed by atoms with van der Waals surface area (Å²) in [7, 11) is 1.39. The molecule has 0 aliphatic carbocycles. The number of carboxylic acids is 1. The first kappa shape index (κ1) is 31.9. The number of aryl methyl sites for hydroxylation is 1. The van der Waals surface area contributed by atoms with E-state index in [9.17, 15) is 36.6 Å². The molecule has 14 heteroatoms. The fraction of sp³-hybridized carbons (Fsp3) is 0.321. The minimum Gasteiger partial charge on any atom is -0.481 e. The van der Waals surface area contributed by atoms with E-state index in [-0.39, 0.29) is 54.1 Å². The molecule has 1 heterocycles. The van der Waals surface area contributed by atoms with Crippen LogP contribution < -0.4 is 20.7 Å². The van der Waals surface area contributed by atoms with Gasteiger partial charge in [0.25, 0.3) is 0 Å². The number of nitrogens with one attached hydrogen (secondary N) is 1. The van der Waals surface area contributed by atoms with Gasteiger partial charge in [-0.2, -0.15) is 18.2 Å². The number of ether oxygens (including phenoxy) is 2. The second-order valence-electron chi connectivity index (χ2n) is 10.1. The van der Waals surface area contributed by atoms with Crippen LogP contribution in [0.15, 0.2) is 42.5 Å². The molecule has 4 N–H and O–H groups in total. The number of aromatic carboxylic acids is 1. The molecular formula is C28H29F5N4O5. The Morgan fingerprint density at radius 2 is 1.74 bits per heavy atom. The number of benzene rings is 2. The molecule has 0 spiro atoms. The molecule has 3 rings (SSSR count). The molecule has 0 aliphatic heterocycles. The Morgan fingerprint density at radius 3 is 2.33 bits per heavy atom. The van der Waals surface area contributed by atoms with Gasteiger partial charge in [-0.05, 0) is 75.6 Å². The predicted molar refractivity (Wildman–Crippen MR) is 145 cm³/mol. The van der Waals surface area contributed by atoms with Crippen molar-refractivity contribution in [2.45, 2.75) is 45.4 Å². The van der Waals surface area contributed by atoms with E-state index in [2.05, 4.69) is 10.3 Å². The first-order chi connectivity index (χ1) is 19.5. The van der Waals surface area contributed by atoms with Crippen molar-refractivity contribution in [1.29, 1.82) is 0 Å². The number of rotatable bonds is 9. The first-order valence-corrected chi connectivity index (χ1v) is 12.5. The normalized spacial score (nSPS) is 11.6. The number of nitrogens with zero attached hydrogens (tertiary/aromatic N) is 2. The number of carbonyl (C=O) groups is 2. The molecule has 1 amide bonds. The largest absolute Gasteiger partial charge is 0.481 e. The Hall–Kier alpha value is -4.62. The van der Waals surface area contributed by atoms with Crippen LogP contribution in [0, 0.1) is 11.6 Å². The number of nitrogens with two attached hydrogens (primary N) is 1. The lowest BCUT2D eigenvalue weighted by Crippen LogP contribution is -2.38. The number of pyridine rings is 1. The van der Waals surface area contributed by atoms with Gasteiger partial charge in [0.1, 0.15) is 17.2 Å². The third-order valence-electron chi connectivity index (χ3n) is 5.77. The lowest BCUT2D eigenvalue weighted by atomic mass is 10.0. The average molecular weight is 597 g/mol. The average Bonchev–Trinajstić information content (AvgIpc) is 2.86. The van der Waals surface area contributed by atoms with Crippen LogP contribution in [-0.2, 0) is 17.3 Å². The third-order valence-corrected chi connectivity index (χ3v) is 5.77. The van der Waals surface area contributed by atoms with Gasteiger partial charge in [-0.15, -0.1) is 0 Å². The number of anilines is 4. The molecule has 2 aromatic carbocycles. The summed E-state index contributed by atoms with van der Waals surface area (Å²) in [6, 6.07) is 7.01. The van der Waals surface area contributed by atoms with Crippen molar-refractivity contribution in [2.75, 3.05) is 29.6 Å². The van der Waals surface area contributed by atoms with Gasteiger partial charge in [-0.1, -0.05) is 0 Å². The van der Waals surface area contributed by atoms with Crippen LogP contribution in [0.25, 0.3) is 0 Å². The van der Waals surface area contributed by atoms with E-state index >= 15 is 0 Å². The molecule has 0 saturated heterocycles. The standard InChI is InChI=1S/C28H29F5N4O5/c1-27(2,3)42-26(40)37(24-20(34)8-10-23(36-24)41-4)11-5-6-15-12-16(29)7-9-21(15)35-22-14-19(30)18(28(31,32)33)13-17(22)25(38)39/h7-10,12-14,35H,5-6,11,34H2,1-4H3,(H,38,39). The summed E-state index contributed by atoms with van der Waals surface area (Å²) in [4.78, 5) is 30.2. The van der Waals surface area contributed by atoms with E-state index in [1.54, 1.807) is 20.8 Å². The summed E-state index contributed by atoms with van der Waals surface area (Å²) in [6.07, 6.45) is -5.63. The number of methoxy groups -OCH3 is 1. The lowest BCUT2D eigenvalue weighted by molar-refractivity contribution is -0.140. The molecule has 226 valence electrons. The van der Waals surface area contributed by atoms with E-state index in [4.69, 9.17) is 15.2 Å². The number of alkyl halides is 3. The van der Waals surface area contributed by atoms with E-state index < -0.39 is 52.3 Å². The number of halogens is 5. The zero-order valence-corrected chi connectivity index (χ0v) is 23.1. The van der Waals surface area contributed by atoms with Crippen molar-refractivity contribution >= 4 is 34.9 Å². The van der Waals surface area contributed by atoms with Crippen molar-refractivity contribution in [3.8, 4) is 5.88 Å². The summed E-state index contributed by atoms with van der Waals surface area (Å²) in [6.45, 7) is 4.99. The minimum atomic E-state index is -5.12. The summed E-state index contributed by atoms with van der Waals surface area (Å²) < 4.78 is 78.6. The number of amides is 1. The predicted octanol–water partition coefficient (Wildman–Crippen LogP) is 6.79. The smallest absolute Gasteiger partial charge is 0.419 e. The van der Waals surface area contributed by atoms with Crippen LogP contribution >= 0.6 is 0 Å². The van der Waals surface area contributed by atoms with Gasteiger partial charge in [0.2, 0.25) is 5.88 Å². The number of hydrogen-bond acceptors (Lipinski definition) is 7. The van der Waals surface area contributed by atoms with Crippen LogP contribution in [0.1, 0.15) is 48.7 Å². The van der Waals surface area contributed by atoms with Crippen molar-refractivity contribution in [3.63, 3.8) is 0 Å². The molecule has 9 nitrogen and oxygen atoms in total. The summed E-state index contributed by atoms with van der Waals surface area (Å²) in [5.41, 5.74) is 2.70. The van der Waals surface area contributed by atoms with Crippen LogP contribution in [0.4, 0.5) is 49.6 Å². The highest BCUT2D eigenvalue weighted by Gasteiger charge is 2.36. The first-order valence-electron chi connectivity index (χ1n) is 12.5. The van der Waals surface area contributed by atoms with Gasteiger partial charge in [-0.3, -0.25) is 4.90 Å². The summed E-state index contributed by atoms with van der Waals surface area (Å²) in [5, 5.41) is 12.1. The van der Waals surface area contributed by atoms with Gasteiger partial charge in [0.15, 0.2) is 5.82 Å². The van der Waals surface area contributed by atoms with E-state index in [1.807, 2.05) is 0 Å². The molecule has 0 saturated carbocycles. The molecule has 0 aliphatic rings. The molecule has 0 atom stereocenters. The zero-order chi connectivity index (χ0) is 31.4. The number of nitrogen functional groups attached to an aromatic ring is 1. The minimum absolute atomic E-state index is 0.0233. The maximum atomic E-state index is 14.3. The number of hydrogen-bond donors (Lipinski definition) is 3. The third kappa shape index (κ3) is 7.98. The Morgan fingerprint density at radius 1 is 1.05 bits per heavy atom. The van der Waals surface area contributed by atoms with Gasteiger partial charge in [0.05, 0.1) is 29.6 Å². The van der Waals surface area contributed by atoms with Crippen LogP contribution in [0.3, 0.4) is 0 Å².